The van der Waals surface area contributed by atoms with Crippen LogP contribution in [0, 0.1) is 13.8 Å². The second kappa shape index (κ2) is 4.98. The van der Waals surface area contributed by atoms with E-state index in [0.29, 0.717) is 21.6 Å². The van der Waals surface area contributed by atoms with Gasteiger partial charge in [-0.25, -0.2) is 0 Å². The van der Waals surface area contributed by atoms with Crippen molar-refractivity contribution in [2.45, 2.75) is 13.8 Å². The number of aromatic nitrogens is 4. The van der Waals surface area contributed by atoms with Crippen LogP contribution in [0.4, 0.5) is 0 Å². The van der Waals surface area contributed by atoms with E-state index in [0.717, 1.165) is 21.2 Å². The zero-order valence-corrected chi connectivity index (χ0v) is 13.8. The molecule has 102 valence electrons. The molecule has 0 aliphatic rings. The smallest absolute Gasteiger partial charge is 0.186 e. The summed E-state index contributed by atoms with van der Waals surface area (Å²) in [6, 6.07) is 5.54. The Bertz CT molecular complexity index is 829. The molecule has 0 fully saturated rings. The molecule has 0 spiro atoms. The fourth-order valence-corrected chi connectivity index (χ4v) is 2.71. The van der Waals surface area contributed by atoms with E-state index < -0.39 is 0 Å². The van der Waals surface area contributed by atoms with Crippen LogP contribution in [0.5, 0.6) is 0 Å². The Labute approximate surface area is 133 Å². The van der Waals surface area contributed by atoms with Gasteiger partial charge in [0.05, 0.1) is 5.02 Å². The van der Waals surface area contributed by atoms with Crippen molar-refractivity contribution in [1.82, 2.24) is 19.8 Å². The summed E-state index contributed by atoms with van der Waals surface area (Å²) >= 11 is 15.8. The molecule has 3 rings (SSSR count). The standard InChI is InChI=1S/C13H9BrCl2N4/c1-6-7(2)12-17-18-13(20(12)19-11(6)16)9-5-8(14)3-4-10(9)15/h3-5H,1-2H3. The lowest BCUT2D eigenvalue weighted by Crippen LogP contribution is -2.00. The van der Waals surface area contributed by atoms with Crippen molar-refractivity contribution in [2.24, 2.45) is 0 Å². The highest BCUT2D eigenvalue weighted by Crippen LogP contribution is 2.30. The number of rotatable bonds is 1. The van der Waals surface area contributed by atoms with Gasteiger partial charge in [-0.15, -0.1) is 10.2 Å². The minimum atomic E-state index is 0.433. The van der Waals surface area contributed by atoms with E-state index in [2.05, 4.69) is 31.2 Å². The fraction of sp³-hybridized carbons (Fsp3) is 0.154. The average Bonchev–Trinajstić information content (AvgIpc) is 2.82. The molecule has 1 aromatic carbocycles. The first kappa shape index (κ1) is 13.8. The zero-order valence-electron chi connectivity index (χ0n) is 10.7. The van der Waals surface area contributed by atoms with Gasteiger partial charge in [0.15, 0.2) is 16.6 Å². The molecule has 0 atom stereocenters. The Morgan fingerprint density at radius 1 is 1.10 bits per heavy atom. The van der Waals surface area contributed by atoms with E-state index in [1.165, 1.54) is 0 Å². The first-order valence-corrected chi connectivity index (χ1v) is 7.37. The number of hydrogen-bond acceptors (Lipinski definition) is 3. The van der Waals surface area contributed by atoms with Crippen LogP contribution in [0.15, 0.2) is 22.7 Å². The summed E-state index contributed by atoms with van der Waals surface area (Å²) in [7, 11) is 0. The lowest BCUT2D eigenvalue weighted by Gasteiger charge is -2.06. The minimum absolute atomic E-state index is 0.433. The molecule has 4 nitrogen and oxygen atoms in total. The maximum absolute atomic E-state index is 6.24. The van der Waals surface area contributed by atoms with Gasteiger partial charge in [-0.2, -0.15) is 9.61 Å². The second-order valence-corrected chi connectivity index (χ2v) is 6.10. The summed E-state index contributed by atoms with van der Waals surface area (Å²) in [5, 5.41) is 13.7. The van der Waals surface area contributed by atoms with Gasteiger partial charge in [0.2, 0.25) is 0 Å². The molecule has 0 saturated heterocycles. The average molecular weight is 372 g/mol. The maximum atomic E-state index is 6.24. The Morgan fingerprint density at radius 3 is 2.60 bits per heavy atom. The molecule has 0 N–H and O–H groups in total. The molecule has 0 saturated carbocycles. The van der Waals surface area contributed by atoms with Gasteiger partial charge in [0, 0.05) is 15.6 Å². The van der Waals surface area contributed by atoms with E-state index in [9.17, 15) is 0 Å². The van der Waals surface area contributed by atoms with Crippen LogP contribution < -0.4 is 0 Å². The summed E-state index contributed by atoms with van der Waals surface area (Å²) in [5.74, 6) is 0.566. The van der Waals surface area contributed by atoms with E-state index in [1.807, 2.05) is 26.0 Å². The highest BCUT2D eigenvalue weighted by Gasteiger charge is 2.16. The Morgan fingerprint density at radius 2 is 1.85 bits per heavy atom. The summed E-state index contributed by atoms with van der Waals surface area (Å²) < 4.78 is 2.53. The second-order valence-electron chi connectivity index (χ2n) is 4.42. The third-order valence-corrected chi connectivity index (χ3v) is 4.39. The van der Waals surface area contributed by atoms with Crippen LogP contribution in [0.1, 0.15) is 11.1 Å². The molecule has 0 aliphatic carbocycles. The summed E-state index contributed by atoms with van der Waals surface area (Å²) in [6.07, 6.45) is 0. The molecule has 0 unspecified atom stereocenters. The SMILES string of the molecule is Cc1c(Cl)nn2c(-c3cc(Br)ccc3Cl)nnc2c1C. The minimum Gasteiger partial charge on any atom is -0.191 e. The molecule has 7 heteroatoms. The molecular formula is C13H9BrCl2N4. The van der Waals surface area contributed by atoms with Gasteiger partial charge in [-0.3, -0.25) is 0 Å². The number of halogens is 3. The van der Waals surface area contributed by atoms with Crippen molar-refractivity contribution in [1.29, 1.82) is 0 Å². The predicted molar refractivity (Wildman–Crippen MR) is 83.4 cm³/mol. The van der Waals surface area contributed by atoms with Crippen LogP contribution in [-0.2, 0) is 0 Å². The first-order chi connectivity index (χ1) is 9.49. The highest BCUT2D eigenvalue weighted by molar-refractivity contribution is 9.10. The molecule has 0 amide bonds. The molecule has 0 radical (unpaired) electrons. The largest absolute Gasteiger partial charge is 0.191 e. The lowest BCUT2D eigenvalue weighted by atomic mass is 10.2. The van der Waals surface area contributed by atoms with Gasteiger partial charge in [0.1, 0.15) is 0 Å². The molecule has 2 aromatic heterocycles. The number of aryl methyl sites for hydroxylation is 1. The molecule has 2 heterocycles. The Balaban J connectivity index is 2.36. The third-order valence-electron chi connectivity index (χ3n) is 3.21. The quantitative estimate of drug-likeness (QED) is 0.633. The molecule has 20 heavy (non-hydrogen) atoms. The molecule has 0 bridgehead atoms. The van der Waals surface area contributed by atoms with Crippen molar-refractivity contribution in [3.05, 3.63) is 44.0 Å². The van der Waals surface area contributed by atoms with E-state index >= 15 is 0 Å². The number of nitrogens with zero attached hydrogens (tertiary/aromatic N) is 4. The van der Waals surface area contributed by atoms with Crippen molar-refractivity contribution < 1.29 is 0 Å². The van der Waals surface area contributed by atoms with Gasteiger partial charge in [-0.05, 0) is 37.6 Å². The van der Waals surface area contributed by atoms with Crippen molar-refractivity contribution >= 4 is 44.8 Å². The monoisotopic (exact) mass is 370 g/mol. The van der Waals surface area contributed by atoms with E-state index in [4.69, 9.17) is 23.2 Å². The summed E-state index contributed by atoms with van der Waals surface area (Å²) in [4.78, 5) is 0. The summed E-state index contributed by atoms with van der Waals surface area (Å²) in [5.41, 5.74) is 3.28. The normalized spacial score (nSPS) is 11.2. The Hall–Kier alpha value is -1.17. The van der Waals surface area contributed by atoms with Crippen LogP contribution in [-0.4, -0.2) is 19.8 Å². The lowest BCUT2D eigenvalue weighted by molar-refractivity contribution is 0.919. The number of hydrogen-bond donors (Lipinski definition) is 0. The number of benzene rings is 1. The van der Waals surface area contributed by atoms with Crippen LogP contribution in [0.2, 0.25) is 10.2 Å². The first-order valence-electron chi connectivity index (χ1n) is 5.82. The predicted octanol–water partition coefficient (Wildman–Crippen LogP) is 4.48. The topological polar surface area (TPSA) is 43.1 Å². The van der Waals surface area contributed by atoms with Gasteiger partial charge >= 0.3 is 0 Å². The van der Waals surface area contributed by atoms with Gasteiger partial charge in [-0.1, -0.05) is 39.1 Å². The van der Waals surface area contributed by atoms with Crippen molar-refractivity contribution in [3.8, 4) is 11.4 Å². The fourth-order valence-electron chi connectivity index (χ4n) is 1.93. The third kappa shape index (κ3) is 2.10. The van der Waals surface area contributed by atoms with Crippen LogP contribution >= 0.6 is 39.1 Å². The zero-order chi connectivity index (χ0) is 14.4. The van der Waals surface area contributed by atoms with Gasteiger partial charge in [0.25, 0.3) is 0 Å². The Kier molecular flexibility index (Phi) is 3.44. The van der Waals surface area contributed by atoms with Crippen LogP contribution in [0.3, 0.4) is 0 Å². The number of fused-ring (bicyclic) bond motifs is 1. The van der Waals surface area contributed by atoms with Crippen molar-refractivity contribution in [2.75, 3.05) is 0 Å². The molecule has 0 aliphatic heterocycles. The van der Waals surface area contributed by atoms with E-state index in [1.54, 1.807) is 10.6 Å². The van der Waals surface area contributed by atoms with Gasteiger partial charge < -0.3 is 0 Å². The molecule has 3 aromatic rings. The van der Waals surface area contributed by atoms with Crippen molar-refractivity contribution in [3.63, 3.8) is 0 Å². The molecular weight excluding hydrogens is 363 g/mol. The van der Waals surface area contributed by atoms with E-state index in [-0.39, 0.29) is 0 Å². The summed E-state index contributed by atoms with van der Waals surface area (Å²) in [6.45, 7) is 3.85. The van der Waals surface area contributed by atoms with Crippen LogP contribution in [0.25, 0.3) is 17.0 Å². The highest BCUT2D eigenvalue weighted by atomic mass is 79.9. The maximum Gasteiger partial charge on any atom is 0.186 e.